The lowest BCUT2D eigenvalue weighted by Gasteiger charge is -2.41. The molecule has 0 saturated heterocycles. The van der Waals surface area contributed by atoms with Crippen LogP contribution in [0.3, 0.4) is 0 Å². The van der Waals surface area contributed by atoms with Crippen LogP contribution in [0, 0.1) is 11.8 Å². The monoisotopic (exact) mass is 506 g/mol. The first-order valence-corrected chi connectivity index (χ1v) is 12.3. The zero-order valence-corrected chi connectivity index (χ0v) is 20.2. The third kappa shape index (κ3) is 8.34. The molecule has 6 atom stereocenters. The summed E-state index contributed by atoms with van der Waals surface area (Å²) < 4.78 is 0. The molecule has 0 aliphatic heterocycles. The number of thiol groups is 2. The smallest absolute Gasteiger partial charge is 0.317 e. The van der Waals surface area contributed by atoms with Gasteiger partial charge in [-0.05, 0) is 44.9 Å². The molecule has 188 valence electrons. The van der Waals surface area contributed by atoms with E-state index in [0.29, 0.717) is 58.0 Å². The highest BCUT2D eigenvalue weighted by atomic mass is 32.1. The van der Waals surface area contributed by atoms with Crippen molar-refractivity contribution in [2.75, 3.05) is 26.2 Å². The third-order valence-electron chi connectivity index (χ3n) is 6.77. The maximum absolute atomic E-state index is 11.4. The second-order valence-electron chi connectivity index (χ2n) is 9.05. The second-order valence-corrected chi connectivity index (χ2v) is 10.4. The predicted molar refractivity (Wildman–Crippen MR) is 126 cm³/mol. The molecule has 2 aliphatic rings. The van der Waals surface area contributed by atoms with Gasteiger partial charge in [-0.2, -0.15) is 25.3 Å². The van der Waals surface area contributed by atoms with Crippen molar-refractivity contribution in [1.82, 2.24) is 9.80 Å². The van der Waals surface area contributed by atoms with Crippen molar-refractivity contribution in [2.24, 2.45) is 11.8 Å². The number of nitrogens with zero attached hydrogens (tertiary/aromatic N) is 2. The van der Waals surface area contributed by atoms with Crippen LogP contribution in [0.5, 0.6) is 0 Å². The molecule has 4 N–H and O–H groups in total. The van der Waals surface area contributed by atoms with Gasteiger partial charge in [0.1, 0.15) is 0 Å². The molecule has 2 saturated carbocycles. The third-order valence-corrected chi connectivity index (χ3v) is 7.88. The van der Waals surface area contributed by atoms with Crippen LogP contribution < -0.4 is 0 Å². The minimum atomic E-state index is -0.985. The largest absolute Gasteiger partial charge is 0.481 e. The predicted octanol–water partition coefficient (Wildman–Crippen LogP) is 1.25. The summed E-state index contributed by atoms with van der Waals surface area (Å²) in [6.45, 7) is 0.418. The van der Waals surface area contributed by atoms with Crippen molar-refractivity contribution in [2.45, 2.75) is 67.5 Å². The summed E-state index contributed by atoms with van der Waals surface area (Å²) in [4.78, 5) is 49.1. The van der Waals surface area contributed by atoms with Crippen molar-refractivity contribution in [3.8, 4) is 0 Å². The van der Waals surface area contributed by atoms with E-state index in [4.69, 9.17) is 0 Å². The van der Waals surface area contributed by atoms with E-state index in [2.05, 4.69) is 25.3 Å². The molecule has 0 radical (unpaired) electrons. The maximum atomic E-state index is 11.4. The molecule has 0 heterocycles. The zero-order valence-electron chi connectivity index (χ0n) is 18.5. The van der Waals surface area contributed by atoms with Gasteiger partial charge in [0.15, 0.2) is 0 Å². The van der Waals surface area contributed by atoms with E-state index in [-0.39, 0.29) is 35.7 Å². The van der Waals surface area contributed by atoms with Crippen LogP contribution >= 0.6 is 25.3 Å². The first-order chi connectivity index (χ1) is 15.5. The molecule has 12 heteroatoms. The molecule has 2 rings (SSSR count). The van der Waals surface area contributed by atoms with E-state index < -0.39 is 35.7 Å². The Bertz CT molecular complexity index is 666. The molecule has 33 heavy (non-hydrogen) atoms. The van der Waals surface area contributed by atoms with E-state index in [1.165, 1.54) is 0 Å². The van der Waals surface area contributed by atoms with E-state index in [0.717, 1.165) is 0 Å². The normalized spacial score (nSPS) is 30.3. The molecule has 2 aliphatic carbocycles. The van der Waals surface area contributed by atoms with Gasteiger partial charge in [-0.1, -0.05) is 0 Å². The molecule has 0 aromatic heterocycles. The van der Waals surface area contributed by atoms with Gasteiger partial charge in [-0.15, -0.1) is 0 Å². The van der Waals surface area contributed by atoms with Crippen molar-refractivity contribution < 1.29 is 39.6 Å². The summed E-state index contributed by atoms with van der Waals surface area (Å²) in [7, 11) is 0. The van der Waals surface area contributed by atoms with E-state index in [9.17, 15) is 39.6 Å². The molecular weight excluding hydrogens is 472 g/mol. The van der Waals surface area contributed by atoms with Crippen LogP contribution in [0.2, 0.25) is 0 Å². The van der Waals surface area contributed by atoms with Crippen LogP contribution in [0.4, 0.5) is 0 Å². The van der Waals surface area contributed by atoms with Crippen LogP contribution in [0.25, 0.3) is 0 Å². The van der Waals surface area contributed by atoms with Gasteiger partial charge >= 0.3 is 23.9 Å². The quantitative estimate of drug-likeness (QED) is 0.213. The zero-order chi connectivity index (χ0) is 24.7. The highest BCUT2D eigenvalue weighted by molar-refractivity contribution is 7.81. The Morgan fingerprint density at radius 3 is 1.30 bits per heavy atom. The molecular formula is C21H34N2O8S2. The lowest BCUT2D eigenvalue weighted by molar-refractivity contribution is -0.144. The second kappa shape index (κ2) is 12.8. The first-order valence-electron chi connectivity index (χ1n) is 11.2. The number of carbonyl (C=O) groups is 4. The first kappa shape index (κ1) is 27.7. The van der Waals surface area contributed by atoms with Crippen LogP contribution in [0.1, 0.15) is 44.9 Å². The fourth-order valence-electron chi connectivity index (χ4n) is 5.11. The summed E-state index contributed by atoms with van der Waals surface area (Å²) >= 11 is 9.11. The van der Waals surface area contributed by atoms with E-state index in [1.54, 1.807) is 9.80 Å². The average Bonchev–Trinajstić information content (AvgIpc) is 2.71. The van der Waals surface area contributed by atoms with Crippen molar-refractivity contribution in [3.05, 3.63) is 0 Å². The minimum absolute atomic E-state index is 0.170. The van der Waals surface area contributed by atoms with Crippen LogP contribution in [-0.4, -0.2) is 103 Å². The number of rotatable bonds is 12. The van der Waals surface area contributed by atoms with Gasteiger partial charge in [0.25, 0.3) is 0 Å². The Kier molecular flexibility index (Phi) is 10.8. The molecule has 0 bridgehead atoms. The van der Waals surface area contributed by atoms with Crippen molar-refractivity contribution >= 4 is 49.1 Å². The van der Waals surface area contributed by atoms with Gasteiger partial charge in [-0.3, -0.25) is 29.0 Å². The van der Waals surface area contributed by atoms with E-state index >= 15 is 0 Å². The number of carboxylic acid groups (broad SMARTS) is 4. The van der Waals surface area contributed by atoms with Gasteiger partial charge < -0.3 is 20.4 Å². The molecule has 6 unspecified atom stereocenters. The fraction of sp³-hybridized carbons (Fsp3) is 0.810. The summed E-state index contributed by atoms with van der Waals surface area (Å²) in [5, 5.41) is 36.7. The van der Waals surface area contributed by atoms with Crippen LogP contribution in [-0.2, 0) is 19.2 Å². The Hall–Kier alpha value is -1.50. The molecule has 0 spiro atoms. The van der Waals surface area contributed by atoms with E-state index in [1.807, 2.05) is 0 Å². The minimum Gasteiger partial charge on any atom is -0.481 e. The molecule has 0 aromatic rings. The standard InChI is InChI=1S/C21H34N2O8S2/c24-18(25)10-22(14-4-2-12(20(28)29)8-16(14)32)6-1-7-23(11-19(26)27)15-5-3-13(21(30)31)9-17(15)33/h12-17,32-33H,1-11H2,(H,24,25)(H,26,27)(H,28,29)(H,30,31). The lowest BCUT2D eigenvalue weighted by Crippen LogP contribution is -2.50. The van der Waals surface area contributed by atoms with Gasteiger partial charge in [-0.25, -0.2) is 0 Å². The summed E-state index contributed by atoms with van der Waals surface area (Å²) in [5.74, 6) is -4.65. The summed E-state index contributed by atoms with van der Waals surface area (Å²) in [6.07, 6.45) is 3.26. The van der Waals surface area contributed by atoms with Crippen molar-refractivity contribution in [1.29, 1.82) is 0 Å². The van der Waals surface area contributed by atoms with Gasteiger partial charge in [0.05, 0.1) is 24.9 Å². The summed E-state index contributed by atoms with van der Waals surface area (Å²) in [5.41, 5.74) is 0. The van der Waals surface area contributed by atoms with Crippen LogP contribution in [0.15, 0.2) is 0 Å². The number of carboxylic acids is 4. The fourth-order valence-corrected chi connectivity index (χ4v) is 6.29. The Labute approximate surface area is 204 Å². The highest BCUT2D eigenvalue weighted by Gasteiger charge is 2.37. The lowest BCUT2D eigenvalue weighted by atomic mass is 9.84. The maximum Gasteiger partial charge on any atom is 0.317 e. The molecule has 0 aromatic carbocycles. The Morgan fingerprint density at radius 2 is 1.03 bits per heavy atom. The number of hydrogen-bond acceptors (Lipinski definition) is 8. The van der Waals surface area contributed by atoms with Gasteiger partial charge in [0.2, 0.25) is 0 Å². The SMILES string of the molecule is O=C(O)CN(CCCN(CC(=O)O)C1CCC(C(=O)O)CC1S)C1CCC(C(=O)O)CC1S. The van der Waals surface area contributed by atoms with Gasteiger partial charge in [0, 0.05) is 35.7 Å². The molecule has 2 fully saturated rings. The highest BCUT2D eigenvalue weighted by Crippen LogP contribution is 2.33. The van der Waals surface area contributed by atoms with Crippen molar-refractivity contribution in [3.63, 3.8) is 0 Å². The molecule has 0 amide bonds. The Balaban J connectivity index is 2.00. The topological polar surface area (TPSA) is 156 Å². The number of hydrogen-bond donors (Lipinski definition) is 6. The average molecular weight is 507 g/mol. The number of aliphatic carboxylic acids is 4. The summed E-state index contributed by atoms with van der Waals surface area (Å²) in [6, 6.07) is -0.340. The Morgan fingerprint density at radius 1 is 0.667 bits per heavy atom. The molecule has 10 nitrogen and oxygen atoms in total.